The molecule has 5 nitrogen and oxygen atoms in total. The third-order valence-corrected chi connectivity index (χ3v) is 2.81. The molecule has 3 amide bonds. The van der Waals surface area contributed by atoms with Crippen molar-refractivity contribution < 1.29 is 14.0 Å². The van der Waals surface area contributed by atoms with Gasteiger partial charge in [-0.3, -0.25) is 4.79 Å². The van der Waals surface area contributed by atoms with E-state index in [2.05, 4.69) is 16.0 Å². The molecule has 0 spiro atoms. The lowest BCUT2D eigenvalue weighted by atomic mass is 10.2. The molecule has 22 heavy (non-hydrogen) atoms. The summed E-state index contributed by atoms with van der Waals surface area (Å²) in [6, 6.07) is 12.4. The van der Waals surface area contributed by atoms with E-state index in [9.17, 15) is 14.0 Å². The molecule has 3 N–H and O–H groups in total. The van der Waals surface area contributed by atoms with Crippen LogP contribution in [0, 0.1) is 5.82 Å². The second kappa shape index (κ2) is 7.21. The molecule has 0 bridgehead atoms. The van der Waals surface area contributed by atoms with Crippen molar-refractivity contribution in [1.29, 1.82) is 0 Å². The molecule has 6 heteroatoms. The van der Waals surface area contributed by atoms with E-state index in [-0.39, 0.29) is 18.3 Å². The highest BCUT2D eigenvalue weighted by molar-refractivity contribution is 5.91. The van der Waals surface area contributed by atoms with Gasteiger partial charge in [-0.15, -0.1) is 0 Å². The van der Waals surface area contributed by atoms with Crippen LogP contribution in [-0.2, 0) is 11.3 Å². The topological polar surface area (TPSA) is 70.2 Å². The van der Waals surface area contributed by atoms with Gasteiger partial charge >= 0.3 is 6.03 Å². The molecular weight excluding hydrogens is 285 g/mol. The van der Waals surface area contributed by atoms with E-state index < -0.39 is 6.03 Å². The maximum atomic E-state index is 13.0. The molecule has 0 aliphatic rings. The highest BCUT2D eigenvalue weighted by atomic mass is 19.1. The molecule has 2 rings (SSSR count). The Hall–Kier alpha value is -2.89. The zero-order chi connectivity index (χ0) is 15.9. The Morgan fingerprint density at radius 2 is 1.64 bits per heavy atom. The molecule has 0 saturated carbocycles. The summed E-state index contributed by atoms with van der Waals surface area (Å²) in [6.45, 7) is 1.65. The number of amides is 3. The lowest BCUT2D eigenvalue weighted by Crippen LogP contribution is -2.28. The SMILES string of the molecule is CC(=O)Nc1ccc(NC(=O)NCc2cccc(F)c2)cc1. The second-order valence-corrected chi connectivity index (χ2v) is 4.70. The van der Waals surface area contributed by atoms with Crippen LogP contribution in [0.25, 0.3) is 0 Å². The van der Waals surface area contributed by atoms with E-state index in [1.165, 1.54) is 19.1 Å². The Bertz CT molecular complexity index is 671. The van der Waals surface area contributed by atoms with E-state index in [1.807, 2.05) is 0 Å². The number of hydrogen-bond acceptors (Lipinski definition) is 2. The van der Waals surface area contributed by atoms with Crippen molar-refractivity contribution in [2.45, 2.75) is 13.5 Å². The monoisotopic (exact) mass is 301 g/mol. The minimum absolute atomic E-state index is 0.159. The molecule has 0 radical (unpaired) electrons. The van der Waals surface area contributed by atoms with Gasteiger partial charge < -0.3 is 16.0 Å². The number of anilines is 2. The number of halogens is 1. The van der Waals surface area contributed by atoms with Gasteiger partial charge in [-0.25, -0.2) is 9.18 Å². The van der Waals surface area contributed by atoms with E-state index in [4.69, 9.17) is 0 Å². The normalized spacial score (nSPS) is 9.91. The lowest BCUT2D eigenvalue weighted by Gasteiger charge is -2.09. The number of rotatable bonds is 4. The average molecular weight is 301 g/mol. The van der Waals surface area contributed by atoms with Crippen molar-refractivity contribution in [3.63, 3.8) is 0 Å². The van der Waals surface area contributed by atoms with Gasteiger partial charge in [0.2, 0.25) is 5.91 Å². The molecule has 2 aromatic rings. The molecule has 0 fully saturated rings. The van der Waals surface area contributed by atoms with Crippen molar-refractivity contribution in [1.82, 2.24) is 5.32 Å². The Morgan fingerprint density at radius 3 is 2.23 bits per heavy atom. The van der Waals surface area contributed by atoms with Gasteiger partial charge in [0.15, 0.2) is 0 Å². The minimum Gasteiger partial charge on any atom is -0.334 e. The Balaban J connectivity index is 1.85. The van der Waals surface area contributed by atoms with Crippen LogP contribution in [0.5, 0.6) is 0 Å². The fraction of sp³-hybridized carbons (Fsp3) is 0.125. The van der Waals surface area contributed by atoms with E-state index in [1.54, 1.807) is 36.4 Å². The van der Waals surface area contributed by atoms with E-state index >= 15 is 0 Å². The van der Waals surface area contributed by atoms with Gasteiger partial charge in [0, 0.05) is 24.8 Å². The fourth-order valence-electron chi connectivity index (χ4n) is 1.84. The first-order valence-electron chi connectivity index (χ1n) is 6.70. The predicted octanol–water partition coefficient (Wildman–Crippen LogP) is 3.11. The highest BCUT2D eigenvalue weighted by Gasteiger charge is 2.03. The number of carbonyl (C=O) groups excluding carboxylic acids is 2. The van der Waals surface area contributed by atoms with Gasteiger partial charge in [0.05, 0.1) is 0 Å². The van der Waals surface area contributed by atoms with Crippen molar-refractivity contribution in [3.05, 3.63) is 59.9 Å². The van der Waals surface area contributed by atoms with Gasteiger partial charge in [0.25, 0.3) is 0 Å². The number of nitrogens with one attached hydrogen (secondary N) is 3. The highest BCUT2D eigenvalue weighted by Crippen LogP contribution is 2.13. The summed E-state index contributed by atoms with van der Waals surface area (Å²) in [5.41, 5.74) is 1.92. The van der Waals surface area contributed by atoms with Gasteiger partial charge in [-0.2, -0.15) is 0 Å². The smallest absolute Gasteiger partial charge is 0.319 e. The summed E-state index contributed by atoms with van der Waals surface area (Å²) in [7, 11) is 0. The first kappa shape index (κ1) is 15.5. The van der Waals surface area contributed by atoms with Crippen molar-refractivity contribution in [3.8, 4) is 0 Å². The van der Waals surface area contributed by atoms with Crippen LogP contribution >= 0.6 is 0 Å². The summed E-state index contributed by atoms with van der Waals surface area (Å²) in [5.74, 6) is -0.498. The zero-order valence-electron chi connectivity index (χ0n) is 12.0. The number of carbonyl (C=O) groups is 2. The Labute approximate surface area is 127 Å². The van der Waals surface area contributed by atoms with Crippen LogP contribution in [0.4, 0.5) is 20.6 Å². The Morgan fingerprint density at radius 1 is 1.00 bits per heavy atom. The van der Waals surface area contributed by atoms with Crippen LogP contribution in [0.1, 0.15) is 12.5 Å². The summed E-state index contributed by atoms with van der Waals surface area (Å²) < 4.78 is 13.0. The molecule has 0 saturated heterocycles. The standard InChI is InChI=1S/C16H16FN3O2/c1-11(21)19-14-5-7-15(8-6-14)20-16(22)18-10-12-3-2-4-13(17)9-12/h2-9H,10H2,1H3,(H,19,21)(H2,18,20,22). The minimum atomic E-state index is -0.392. The van der Waals surface area contributed by atoms with Crippen LogP contribution in [0.3, 0.4) is 0 Å². The summed E-state index contributed by atoms with van der Waals surface area (Å²) in [5, 5.41) is 7.92. The van der Waals surface area contributed by atoms with Gasteiger partial charge in [-0.05, 0) is 42.0 Å². The summed E-state index contributed by atoms with van der Waals surface area (Å²) in [6.07, 6.45) is 0. The van der Waals surface area contributed by atoms with E-state index in [0.29, 0.717) is 16.9 Å². The molecule has 0 heterocycles. The Kier molecular flexibility index (Phi) is 5.08. The molecule has 2 aromatic carbocycles. The van der Waals surface area contributed by atoms with Crippen molar-refractivity contribution >= 4 is 23.3 Å². The lowest BCUT2D eigenvalue weighted by molar-refractivity contribution is -0.114. The third-order valence-electron chi connectivity index (χ3n) is 2.81. The molecule has 0 unspecified atom stereocenters. The molecule has 0 atom stereocenters. The summed E-state index contributed by atoms with van der Waals surface area (Å²) in [4.78, 5) is 22.6. The number of urea groups is 1. The molecular formula is C16H16FN3O2. The van der Waals surface area contributed by atoms with Crippen LogP contribution in [0.2, 0.25) is 0 Å². The zero-order valence-corrected chi connectivity index (χ0v) is 12.0. The van der Waals surface area contributed by atoms with Crippen molar-refractivity contribution in [2.24, 2.45) is 0 Å². The largest absolute Gasteiger partial charge is 0.334 e. The predicted molar refractivity (Wildman–Crippen MR) is 83.0 cm³/mol. The molecule has 114 valence electrons. The first-order valence-corrected chi connectivity index (χ1v) is 6.70. The van der Waals surface area contributed by atoms with Crippen LogP contribution < -0.4 is 16.0 Å². The van der Waals surface area contributed by atoms with Gasteiger partial charge in [-0.1, -0.05) is 12.1 Å². The molecule has 0 aliphatic carbocycles. The maximum Gasteiger partial charge on any atom is 0.319 e. The van der Waals surface area contributed by atoms with Crippen LogP contribution in [0.15, 0.2) is 48.5 Å². The molecule has 0 aliphatic heterocycles. The fourth-order valence-corrected chi connectivity index (χ4v) is 1.84. The quantitative estimate of drug-likeness (QED) is 0.812. The molecule has 0 aromatic heterocycles. The first-order chi connectivity index (χ1) is 10.5. The average Bonchev–Trinajstić information content (AvgIpc) is 2.47. The second-order valence-electron chi connectivity index (χ2n) is 4.70. The van der Waals surface area contributed by atoms with E-state index in [0.717, 1.165) is 0 Å². The number of hydrogen-bond donors (Lipinski definition) is 3. The summed E-state index contributed by atoms with van der Waals surface area (Å²) >= 11 is 0. The third kappa shape index (κ3) is 4.90. The maximum absolute atomic E-state index is 13.0. The van der Waals surface area contributed by atoms with Gasteiger partial charge in [0.1, 0.15) is 5.82 Å². The van der Waals surface area contributed by atoms with Crippen molar-refractivity contribution in [2.75, 3.05) is 10.6 Å². The van der Waals surface area contributed by atoms with Crippen LogP contribution in [-0.4, -0.2) is 11.9 Å². The number of benzene rings is 2.